The quantitative estimate of drug-likeness (QED) is 0.493. The summed E-state index contributed by atoms with van der Waals surface area (Å²) >= 11 is 0. The van der Waals surface area contributed by atoms with Crippen LogP contribution >= 0.6 is 0 Å². The molecule has 0 amide bonds. The molecule has 0 aliphatic carbocycles. The number of halogens is 1. The smallest absolute Gasteiger partial charge is 1.00 e. The van der Waals surface area contributed by atoms with Gasteiger partial charge in [-0.1, -0.05) is 12.1 Å². The van der Waals surface area contributed by atoms with Gasteiger partial charge < -0.3 is 26.8 Å². The van der Waals surface area contributed by atoms with E-state index in [4.69, 9.17) is 4.74 Å². The molecule has 56 valence electrons. The van der Waals surface area contributed by atoms with Gasteiger partial charge >= 0.3 is 23.1 Å². The first-order valence-corrected chi connectivity index (χ1v) is 2.64. The maximum atomic E-state index is 10.5. The van der Waals surface area contributed by atoms with Crippen molar-refractivity contribution in [2.24, 2.45) is 0 Å². The van der Waals surface area contributed by atoms with E-state index in [9.17, 15) is 5.11 Å². The topological polar surface area (TPSA) is 32.3 Å². The Labute approximate surface area is 92.5 Å². The molecule has 0 saturated heterocycles. The molecule has 0 bridgehead atoms. The molecule has 0 spiro atoms. The predicted molar refractivity (Wildman–Crippen MR) is 38.2 cm³/mol. The standard InChI is InChI=1S/C7H8O2.BrH.Mg/c1-9-7-4-2-6(8)3-5-7;;/h2-5,8H,1H3;1H;/q;;+2/p-2. The molecule has 0 aromatic heterocycles. The van der Waals surface area contributed by atoms with Crippen molar-refractivity contribution in [3.8, 4) is 11.5 Å². The van der Waals surface area contributed by atoms with Gasteiger partial charge in [0.2, 0.25) is 0 Å². The molecule has 0 saturated carbocycles. The molecule has 0 radical (unpaired) electrons. The van der Waals surface area contributed by atoms with Gasteiger partial charge in [0.05, 0.1) is 7.11 Å². The Morgan fingerprint density at radius 2 is 1.64 bits per heavy atom. The fraction of sp³-hybridized carbons (Fsp3) is 0.143. The van der Waals surface area contributed by atoms with Crippen molar-refractivity contribution in [1.29, 1.82) is 0 Å². The van der Waals surface area contributed by atoms with E-state index in [-0.39, 0.29) is 45.8 Å². The second-order valence-corrected chi connectivity index (χ2v) is 1.68. The average molecular weight is 227 g/mol. The van der Waals surface area contributed by atoms with Crippen molar-refractivity contribution in [3.05, 3.63) is 24.3 Å². The third-order valence-electron chi connectivity index (χ3n) is 1.06. The van der Waals surface area contributed by atoms with E-state index < -0.39 is 0 Å². The van der Waals surface area contributed by atoms with Gasteiger partial charge in [0.15, 0.2) is 0 Å². The minimum atomic E-state index is 0. The summed E-state index contributed by atoms with van der Waals surface area (Å²) in [4.78, 5) is 0. The van der Waals surface area contributed by atoms with E-state index in [2.05, 4.69) is 0 Å². The molecule has 0 fully saturated rings. The van der Waals surface area contributed by atoms with Crippen LogP contribution in [-0.4, -0.2) is 30.2 Å². The third kappa shape index (κ3) is 4.50. The van der Waals surface area contributed by atoms with Gasteiger partial charge in [-0.25, -0.2) is 0 Å². The van der Waals surface area contributed by atoms with Gasteiger partial charge in [-0.2, -0.15) is 0 Å². The summed E-state index contributed by atoms with van der Waals surface area (Å²) in [7, 11) is 1.57. The van der Waals surface area contributed by atoms with Crippen molar-refractivity contribution in [2.75, 3.05) is 7.11 Å². The second-order valence-electron chi connectivity index (χ2n) is 1.68. The molecule has 0 unspecified atom stereocenters. The van der Waals surface area contributed by atoms with E-state index in [1.54, 1.807) is 19.2 Å². The van der Waals surface area contributed by atoms with Crippen LogP contribution in [0.3, 0.4) is 0 Å². The van der Waals surface area contributed by atoms with E-state index in [1.165, 1.54) is 12.1 Å². The molecule has 4 heteroatoms. The molecule has 11 heavy (non-hydrogen) atoms. The van der Waals surface area contributed by atoms with Gasteiger partial charge in [-0.15, -0.1) is 5.75 Å². The van der Waals surface area contributed by atoms with E-state index in [0.29, 0.717) is 0 Å². The van der Waals surface area contributed by atoms with Gasteiger partial charge in [0.1, 0.15) is 5.75 Å². The largest absolute Gasteiger partial charge is 2.00 e. The van der Waals surface area contributed by atoms with Crippen LogP contribution in [-0.2, 0) is 0 Å². The molecule has 1 aromatic rings. The van der Waals surface area contributed by atoms with E-state index >= 15 is 0 Å². The molecule has 0 aliphatic heterocycles. The van der Waals surface area contributed by atoms with Crippen LogP contribution in [0, 0.1) is 0 Å². The first-order chi connectivity index (χ1) is 4.33. The summed E-state index contributed by atoms with van der Waals surface area (Å²) in [6.07, 6.45) is 0. The summed E-state index contributed by atoms with van der Waals surface area (Å²) in [5, 5.41) is 10.5. The summed E-state index contributed by atoms with van der Waals surface area (Å²) in [6, 6.07) is 6.22. The van der Waals surface area contributed by atoms with Crippen LogP contribution in [0.1, 0.15) is 0 Å². The number of methoxy groups -OCH3 is 1. The number of ether oxygens (including phenoxy) is 1. The predicted octanol–water partition coefficient (Wildman–Crippen LogP) is -2.61. The molecule has 1 aromatic carbocycles. The molecular weight excluding hydrogens is 220 g/mol. The summed E-state index contributed by atoms with van der Waals surface area (Å²) in [5.41, 5.74) is 0. The second kappa shape index (κ2) is 6.76. The van der Waals surface area contributed by atoms with Crippen LogP contribution in [0.2, 0.25) is 0 Å². The van der Waals surface area contributed by atoms with Crippen molar-refractivity contribution >= 4 is 23.1 Å². The van der Waals surface area contributed by atoms with Crippen LogP contribution in [0.5, 0.6) is 11.5 Å². The number of rotatable bonds is 1. The van der Waals surface area contributed by atoms with Gasteiger partial charge in [-0.3, -0.25) is 0 Å². The minimum absolute atomic E-state index is 0. The zero-order chi connectivity index (χ0) is 6.69. The van der Waals surface area contributed by atoms with Gasteiger partial charge in [0.25, 0.3) is 0 Å². The fourth-order valence-electron chi connectivity index (χ4n) is 0.576. The van der Waals surface area contributed by atoms with Gasteiger partial charge in [0, 0.05) is 0 Å². The molecule has 0 N–H and O–H groups in total. The number of hydrogen-bond donors (Lipinski definition) is 0. The number of benzene rings is 1. The van der Waals surface area contributed by atoms with Crippen molar-refractivity contribution in [3.63, 3.8) is 0 Å². The van der Waals surface area contributed by atoms with Crippen LogP contribution in [0.25, 0.3) is 0 Å². The van der Waals surface area contributed by atoms with Crippen LogP contribution in [0.15, 0.2) is 24.3 Å². The Bertz CT molecular complexity index is 188. The summed E-state index contributed by atoms with van der Waals surface area (Å²) in [6.45, 7) is 0. The zero-order valence-electron chi connectivity index (χ0n) is 6.21. The Morgan fingerprint density at radius 3 is 2.00 bits per heavy atom. The van der Waals surface area contributed by atoms with E-state index in [0.717, 1.165) is 5.75 Å². The Balaban J connectivity index is 0. The maximum Gasteiger partial charge on any atom is 2.00 e. The van der Waals surface area contributed by atoms with Crippen molar-refractivity contribution in [2.45, 2.75) is 0 Å². The van der Waals surface area contributed by atoms with Crippen molar-refractivity contribution < 1.29 is 26.8 Å². The Morgan fingerprint density at radius 1 is 1.18 bits per heavy atom. The normalized spacial score (nSPS) is 7.36. The molecule has 0 atom stereocenters. The summed E-state index contributed by atoms with van der Waals surface area (Å²) < 4.78 is 4.83. The van der Waals surface area contributed by atoms with E-state index in [1.807, 2.05) is 0 Å². The monoisotopic (exact) mass is 226 g/mol. The first-order valence-electron chi connectivity index (χ1n) is 2.64. The zero-order valence-corrected chi connectivity index (χ0v) is 9.21. The summed E-state index contributed by atoms with van der Waals surface area (Å²) in [5.74, 6) is 0.727. The number of hydrogen-bond acceptors (Lipinski definition) is 2. The molecule has 2 nitrogen and oxygen atoms in total. The van der Waals surface area contributed by atoms with Gasteiger partial charge in [-0.05, 0) is 12.1 Å². The SMILES string of the molecule is COc1ccc([O-])cc1.[Br-].[Mg+2]. The van der Waals surface area contributed by atoms with Crippen LogP contribution in [0.4, 0.5) is 0 Å². The average Bonchev–Trinajstić information content (AvgIpc) is 1.90. The fourth-order valence-corrected chi connectivity index (χ4v) is 0.576. The van der Waals surface area contributed by atoms with Crippen LogP contribution < -0.4 is 26.8 Å². The molecular formula is C7H7BrMgO2. The Kier molecular flexibility index (Phi) is 8.38. The Hall–Kier alpha value is 0.0662. The molecule has 1 rings (SSSR count). The first kappa shape index (κ1) is 13.6. The minimum Gasteiger partial charge on any atom is -1.00 e. The molecule has 0 heterocycles. The molecule has 0 aliphatic rings. The van der Waals surface area contributed by atoms with Crippen molar-refractivity contribution in [1.82, 2.24) is 0 Å². The third-order valence-corrected chi connectivity index (χ3v) is 1.06. The maximum absolute atomic E-state index is 10.5.